The van der Waals surface area contributed by atoms with Crippen LogP contribution in [0.2, 0.25) is 0 Å². The molecule has 0 fully saturated rings. The van der Waals surface area contributed by atoms with Gasteiger partial charge in [-0.2, -0.15) is 0 Å². The molecule has 2 aromatic carbocycles. The molecule has 0 atom stereocenters. The Kier molecular flexibility index (Phi) is 6.18. The second-order valence-electron chi connectivity index (χ2n) is 5.73. The van der Waals surface area contributed by atoms with E-state index in [0.29, 0.717) is 31.2 Å². The van der Waals surface area contributed by atoms with Crippen molar-refractivity contribution in [2.45, 2.75) is 26.3 Å². The van der Waals surface area contributed by atoms with Crippen LogP contribution in [0.3, 0.4) is 0 Å². The minimum absolute atomic E-state index is 0.104. The predicted octanol–water partition coefficient (Wildman–Crippen LogP) is 3.08. The number of carbonyl (C=O) groups excluding carboxylic acids is 1. The quantitative estimate of drug-likeness (QED) is 0.772. The summed E-state index contributed by atoms with van der Waals surface area (Å²) in [5.74, 6) is 1.22. The van der Waals surface area contributed by atoms with Crippen LogP contribution in [-0.2, 0) is 6.54 Å². The summed E-state index contributed by atoms with van der Waals surface area (Å²) in [6.45, 7) is 5.69. The van der Waals surface area contributed by atoms with Crippen molar-refractivity contribution in [1.29, 1.82) is 0 Å². The Morgan fingerprint density at radius 2 is 1.74 bits per heavy atom. The zero-order chi connectivity index (χ0) is 16.7. The van der Waals surface area contributed by atoms with Crippen LogP contribution < -0.4 is 15.8 Å². The van der Waals surface area contributed by atoms with Gasteiger partial charge in [-0.05, 0) is 41.3 Å². The predicted molar refractivity (Wildman–Crippen MR) is 92.7 cm³/mol. The van der Waals surface area contributed by atoms with Crippen molar-refractivity contribution in [3.05, 3.63) is 65.2 Å². The van der Waals surface area contributed by atoms with E-state index in [1.807, 2.05) is 24.3 Å². The number of benzene rings is 2. The van der Waals surface area contributed by atoms with E-state index in [-0.39, 0.29) is 5.91 Å². The molecule has 0 bridgehead atoms. The first-order valence-corrected chi connectivity index (χ1v) is 7.90. The molecule has 0 aliphatic rings. The van der Waals surface area contributed by atoms with Gasteiger partial charge in [0.2, 0.25) is 0 Å². The first-order chi connectivity index (χ1) is 11.1. The van der Waals surface area contributed by atoms with Crippen LogP contribution in [0, 0.1) is 0 Å². The minimum atomic E-state index is -0.104. The minimum Gasteiger partial charge on any atom is -0.492 e. The number of carbonyl (C=O) groups is 1. The number of nitrogens with one attached hydrogen (secondary N) is 1. The molecule has 2 rings (SSSR count). The summed E-state index contributed by atoms with van der Waals surface area (Å²) in [4.78, 5) is 12.0. The highest BCUT2D eigenvalue weighted by molar-refractivity contribution is 5.94. The molecular formula is C19H24N2O2. The summed E-state index contributed by atoms with van der Waals surface area (Å²) in [7, 11) is 0. The summed E-state index contributed by atoms with van der Waals surface area (Å²) in [5.41, 5.74) is 8.46. The number of nitrogens with two attached hydrogens (primary N) is 1. The Hall–Kier alpha value is -2.33. The lowest BCUT2D eigenvalue weighted by atomic mass is 10.0. The first kappa shape index (κ1) is 17.0. The number of amides is 1. The molecule has 0 spiro atoms. The third-order valence-electron chi connectivity index (χ3n) is 3.65. The van der Waals surface area contributed by atoms with E-state index in [4.69, 9.17) is 10.5 Å². The number of rotatable bonds is 7. The largest absolute Gasteiger partial charge is 0.492 e. The molecule has 0 aromatic heterocycles. The van der Waals surface area contributed by atoms with Gasteiger partial charge in [-0.1, -0.05) is 38.1 Å². The molecule has 3 N–H and O–H groups in total. The van der Waals surface area contributed by atoms with Crippen LogP contribution in [0.1, 0.15) is 41.3 Å². The molecule has 2 aromatic rings. The summed E-state index contributed by atoms with van der Waals surface area (Å²) >= 11 is 0. The van der Waals surface area contributed by atoms with Crippen LogP contribution in [-0.4, -0.2) is 19.1 Å². The van der Waals surface area contributed by atoms with Gasteiger partial charge in [-0.15, -0.1) is 0 Å². The molecule has 0 saturated heterocycles. The highest BCUT2D eigenvalue weighted by atomic mass is 16.5. The van der Waals surface area contributed by atoms with Crippen LogP contribution in [0.25, 0.3) is 0 Å². The lowest BCUT2D eigenvalue weighted by Crippen LogP contribution is -2.28. The molecule has 0 radical (unpaired) electrons. The smallest absolute Gasteiger partial charge is 0.251 e. The summed E-state index contributed by atoms with van der Waals surface area (Å²) in [6, 6.07) is 15.3. The lowest BCUT2D eigenvalue weighted by molar-refractivity contribution is 0.0947. The normalized spacial score (nSPS) is 10.6. The molecule has 4 nitrogen and oxygen atoms in total. The molecular weight excluding hydrogens is 288 g/mol. The number of ether oxygens (including phenoxy) is 1. The summed E-state index contributed by atoms with van der Waals surface area (Å²) in [6.07, 6.45) is 0. The third kappa shape index (κ3) is 5.11. The molecule has 122 valence electrons. The van der Waals surface area contributed by atoms with Crippen LogP contribution in [0.5, 0.6) is 5.75 Å². The molecule has 1 amide bonds. The van der Waals surface area contributed by atoms with Crippen molar-refractivity contribution in [3.8, 4) is 5.75 Å². The summed E-state index contributed by atoms with van der Waals surface area (Å²) < 4.78 is 5.63. The van der Waals surface area contributed by atoms with Crippen molar-refractivity contribution >= 4 is 5.91 Å². The zero-order valence-electron chi connectivity index (χ0n) is 13.7. The monoisotopic (exact) mass is 312 g/mol. The van der Waals surface area contributed by atoms with E-state index in [1.165, 1.54) is 5.56 Å². The van der Waals surface area contributed by atoms with E-state index in [2.05, 4.69) is 31.3 Å². The van der Waals surface area contributed by atoms with Crippen molar-refractivity contribution in [1.82, 2.24) is 5.32 Å². The average Bonchev–Trinajstić information content (AvgIpc) is 2.59. The lowest BCUT2D eigenvalue weighted by Gasteiger charge is -2.10. The Labute approximate surface area is 137 Å². The van der Waals surface area contributed by atoms with Gasteiger partial charge in [0.15, 0.2) is 0 Å². The molecule has 0 saturated carbocycles. The van der Waals surface area contributed by atoms with Gasteiger partial charge in [-0.3, -0.25) is 4.79 Å². The Morgan fingerprint density at radius 1 is 1.09 bits per heavy atom. The van der Waals surface area contributed by atoms with E-state index >= 15 is 0 Å². The van der Waals surface area contributed by atoms with Gasteiger partial charge in [0.1, 0.15) is 12.4 Å². The molecule has 0 aliphatic carbocycles. The average molecular weight is 312 g/mol. The number of hydrogen-bond acceptors (Lipinski definition) is 3. The molecule has 23 heavy (non-hydrogen) atoms. The zero-order valence-corrected chi connectivity index (χ0v) is 13.7. The molecule has 0 unspecified atom stereocenters. The fourth-order valence-corrected chi connectivity index (χ4v) is 2.18. The summed E-state index contributed by atoms with van der Waals surface area (Å²) in [5, 5.41) is 2.84. The molecule has 0 heterocycles. The van der Waals surface area contributed by atoms with Crippen molar-refractivity contribution in [2.75, 3.05) is 13.2 Å². The Bertz CT molecular complexity index is 619. The molecule has 4 heteroatoms. The SMILES string of the molecule is CC(C)c1ccc(OCCNC(=O)c2ccc(CN)cc2)cc1. The first-order valence-electron chi connectivity index (χ1n) is 7.90. The second kappa shape index (κ2) is 8.34. The number of hydrogen-bond donors (Lipinski definition) is 2. The Balaban J connectivity index is 1.74. The molecule has 0 aliphatic heterocycles. The Morgan fingerprint density at radius 3 is 2.30 bits per heavy atom. The van der Waals surface area contributed by atoms with E-state index < -0.39 is 0 Å². The van der Waals surface area contributed by atoms with Crippen molar-refractivity contribution in [2.24, 2.45) is 5.73 Å². The fraction of sp³-hybridized carbons (Fsp3) is 0.316. The van der Waals surface area contributed by atoms with Crippen molar-refractivity contribution in [3.63, 3.8) is 0 Å². The highest BCUT2D eigenvalue weighted by Crippen LogP contribution is 2.18. The van der Waals surface area contributed by atoms with Gasteiger partial charge >= 0.3 is 0 Å². The van der Waals surface area contributed by atoms with Crippen LogP contribution in [0.15, 0.2) is 48.5 Å². The topological polar surface area (TPSA) is 64.3 Å². The van der Waals surface area contributed by atoms with E-state index in [9.17, 15) is 4.79 Å². The van der Waals surface area contributed by atoms with Crippen molar-refractivity contribution < 1.29 is 9.53 Å². The van der Waals surface area contributed by atoms with Gasteiger partial charge < -0.3 is 15.8 Å². The fourth-order valence-electron chi connectivity index (χ4n) is 2.18. The van der Waals surface area contributed by atoms with Gasteiger partial charge in [0.25, 0.3) is 5.91 Å². The van der Waals surface area contributed by atoms with Crippen LogP contribution in [0.4, 0.5) is 0 Å². The maximum atomic E-state index is 12.0. The standard InChI is InChI=1S/C19H24N2O2/c1-14(2)16-7-9-18(10-8-16)23-12-11-21-19(22)17-5-3-15(13-20)4-6-17/h3-10,14H,11-13,20H2,1-2H3,(H,21,22). The maximum Gasteiger partial charge on any atom is 0.251 e. The van der Waals surface area contributed by atoms with Gasteiger partial charge in [-0.25, -0.2) is 0 Å². The van der Waals surface area contributed by atoms with Crippen LogP contribution >= 0.6 is 0 Å². The third-order valence-corrected chi connectivity index (χ3v) is 3.65. The van der Waals surface area contributed by atoms with E-state index in [0.717, 1.165) is 11.3 Å². The highest BCUT2D eigenvalue weighted by Gasteiger charge is 2.04. The second-order valence-corrected chi connectivity index (χ2v) is 5.73. The van der Waals surface area contributed by atoms with E-state index in [1.54, 1.807) is 12.1 Å². The maximum absolute atomic E-state index is 12.0. The van der Waals surface area contributed by atoms with Gasteiger partial charge in [0, 0.05) is 12.1 Å². The van der Waals surface area contributed by atoms with Gasteiger partial charge in [0.05, 0.1) is 6.54 Å².